The van der Waals surface area contributed by atoms with E-state index in [9.17, 15) is 4.39 Å². The van der Waals surface area contributed by atoms with E-state index in [0.29, 0.717) is 26.1 Å². The van der Waals surface area contributed by atoms with Crippen molar-refractivity contribution in [3.63, 3.8) is 0 Å². The van der Waals surface area contributed by atoms with Crippen molar-refractivity contribution in [2.45, 2.75) is 45.7 Å². The summed E-state index contributed by atoms with van der Waals surface area (Å²) in [7, 11) is 0. The lowest BCUT2D eigenvalue weighted by Crippen LogP contribution is -2.27. The van der Waals surface area contributed by atoms with E-state index in [0.717, 1.165) is 0 Å². The number of rotatable bonds is 0. The van der Waals surface area contributed by atoms with Gasteiger partial charge in [0.25, 0.3) is 0 Å². The second kappa shape index (κ2) is 5.53. The van der Waals surface area contributed by atoms with Crippen LogP contribution < -0.4 is 0 Å². The minimum absolute atomic E-state index is 0.562. The van der Waals surface area contributed by atoms with Crippen LogP contribution in [0.4, 0.5) is 4.39 Å². The third kappa shape index (κ3) is 6.29. The molecule has 0 atom stereocenters. The van der Waals surface area contributed by atoms with E-state index in [1.54, 1.807) is 6.92 Å². The van der Waals surface area contributed by atoms with E-state index in [4.69, 9.17) is 4.74 Å². The van der Waals surface area contributed by atoms with E-state index in [2.05, 4.69) is 13.8 Å². The summed E-state index contributed by atoms with van der Waals surface area (Å²) in [4.78, 5) is 0. The molecule has 1 aliphatic rings. The molecule has 0 aliphatic carbocycles. The lowest BCUT2D eigenvalue weighted by atomic mass is 10.00. The molecule has 0 aromatic heterocycles. The Kier molecular flexibility index (Phi) is 5.47. The Morgan fingerprint density at radius 3 is 1.82 bits per heavy atom. The van der Waals surface area contributed by atoms with Gasteiger partial charge in [-0.1, -0.05) is 20.3 Å². The van der Waals surface area contributed by atoms with Gasteiger partial charge in [0.1, 0.15) is 5.67 Å². The molecule has 0 spiro atoms. The molecular weight excluding hydrogens is 143 g/mol. The minimum Gasteiger partial charge on any atom is -0.381 e. The minimum atomic E-state index is -0.946. The number of ether oxygens (including phenoxy) is 1. The normalized spacial score (nSPS) is 21.8. The molecule has 2 heteroatoms. The van der Waals surface area contributed by atoms with Crippen LogP contribution in [-0.2, 0) is 4.74 Å². The molecule has 0 saturated carbocycles. The van der Waals surface area contributed by atoms with E-state index in [1.165, 1.54) is 6.42 Å². The fourth-order valence-electron chi connectivity index (χ4n) is 0.797. The van der Waals surface area contributed by atoms with Crippen molar-refractivity contribution in [3.8, 4) is 0 Å². The van der Waals surface area contributed by atoms with Crippen molar-refractivity contribution in [1.82, 2.24) is 0 Å². The van der Waals surface area contributed by atoms with Gasteiger partial charge in [0, 0.05) is 26.1 Å². The quantitative estimate of drug-likeness (QED) is 0.532. The summed E-state index contributed by atoms with van der Waals surface area (Å²) >= 11 is 0. The molecule has 1 aliphatic heterocycles. The zero-order valence-electron chi connectivity index (χ0n) is 7.82. The molecular formula is C9H19FO. The van der Waals surface area contributed by atoms with Crippen molar-refractivity contribution >= 4 is 0 Å². The second-order valence-corrected chi connectivity index (χ2v) is 3.23. The number of halogens is 1. The summed E-state index contributed by atoms with van der Waals surface area (Å²) in [5.74, 6) is 0. The van der Waals surface area contributed by atoms with Crippen molar-refractivity contribution < 1.29 is 9.13 Å². The maximum Gasteiger partial charge on any atom is 0.112 e. The summed E-state index contributed by atoms with van der Waals surface area (Å²) in [6.07, 6.45) is 2.38. The first-order chi connectivity index (χ1) is 5.12. The van der Waals surface area contributed by atoms with Gasteiger partial charge < -0.3 is 4.74 Å². The molecule has 1 rings (SSSR count). The fraction of sp³-hybridized carbons (Fsp3) is 1.00. The lowest BCUT2D eigenvalue weighted by molar-refractivity contribution is 0.00200. The average molecular weight is 162 g/mol. The Bertz CT molecular complexity index is 83.6. The third-order valence-corrected chi connectivity index (χ3v) is 1.54. The molecule has 0 N–H and O–H groups in total. The SMILES string of the molecule is CC1(F)CCOCC1.CCC. The summed E-state index contributed by atoms with van der Waals surface area (Å²) in [6, 6.07) is 0. The topological polar surface area (TPSA) is 9.23 Å². The molecule has 0 aromatic carbocycles. The van der Waals surface area contributed by atoms with E-state index < -0.39 is 5.67 Å². The van der Waals surface area contributed by atoms with Crippen LogP contribution in [0.15, 0.2) is 0 Å². The highest BCUT2D eigenvalue weighted by atomic mass is 19.1. The molecule has 68 valence electrons. The van der Waals surface area contributed by atoms with Gasteiger partial charge in [-0.15, -0.1) is 0 Å². The number of hydrogen-bond acceptors (Lipinski definition) is 1. The number of alkyl halides is 1. The van der Waals surface area contributed by atoms with E-state index >= 15 is 0 Å². The van der Waals surface area contributed by atoms with Gasteiger partial charge >= 0.3 is 0 Å². The summed E-state index contributed by atoms with van der Waals surface area (Å²) in [5, 5.41) is 0. The summed E-state index contributed by atoms with van der Waals surface area (Å²) in [5.41, 5.74) is -0.946. The second-order valence-electron chi connectivity index (χ2n) is 3.23. The van der Waals surface area contributed by atoms with E-state index in [1.807, 2.05) is 0 Å². The zero-order chi connectivity index (χ0) is 8.74. The van der Waals surface area contributed by atoms with Crippen molar-refractivity contribution in [2.24, 2.45) is 0 Å². The van der Waals surface area contributed by atoms with Crippen LogP contribution >= 0.6 is 0 Å². The molecule has 0 amide bonds. The highest BCUT2D eigenvalue weighted by Crippen LogP contribution is 2.23. The van der Waals surface area contributed by atoms with Crippen LogP contribution in [-0.4, -0.2) is 18.9 Å². The average Bonchev–Trinajstić information content (AvgIpc) is 1.88. The molecule has 1 heterocycles. The van der Waals surface area contributed by atoms with Gasteiger partial charge in [-0.3, -0.25) is 0 Å². The van der Waals surface area contributed by atoms with Crippen molar-refractivity contribution in [2.75, 3.05) is 13.2 Å². The molecule has 0 aromatic rings. The summed E-state index contributed by atoms with van der Waals surface area (Å²) < 4.78 is 17.8. The van der Waals surface area contributed by atoms with Crippen LogP contribution in [0, 0.1) is 0 Å². The third-order valence-electron chi connectivity index (χ3n) is 1.54. The Balaban J connectivity index is 0.000000292. The maximum absolute atomic E-state index is 12.8. The first-order valence-corrected chi connectivity index (χ1v) is 4.39. The summed E-state index contributed by atoms with van der Waals surface area (Å²) in [6.45, 7) is 7.06. The predicted octanol–water partition coefficient (Wildman–Crippen LogP) is 2.94. The Morgan fingerprint density at radius 1 is 1.27 bits per heavy atom. The number of hydrogen-bond donors (Lipinski definition) is 0. The van der Waals surface area contributed by atoms with Crippen molar-refractivity contribution in [1.29, 1.82) is 0 Å². The highest BCUT2D eigenvalue weighted by Gasteiger charge is 2.25. The zero-order valence-corrected chi connectivity index (χ0v) is 7.82. The standard InChI is InChI=1S/C6H11FO.C3H8/c1-6(7)2-4-8-5-3-6;1-3-2/h2-5H2,1H3;3H2,1-2H3. The molecule has 0 radical (unpaired) electrons. The van der Waals surface area contributed by atoms with Gasteiger partial charge in [-0.2, -0.15) is 0 Å². The van der Waals surface area contributed by atoms with Crippen LogP contribution in [0.5, 0.6) is 0 Å². The maximum atomic E-state index is 12.8. The first-order valence-electron chi connectivity index (χ1n) is 4.39. The molecule has 0 unspecified atom stereocenters. The van der Waals surface area contributed by atoms with Crippen LogP contribution in [0.3, 0.4) is 0 Å². The molecule has 1 fully saturated rings. The smallest absolute Gasteiger partial charge is 0.112 e. The Hall–Kier alpha value is -0.110. The van der Waals surface area contributed by atoms with E-state index in [-0.39, 0.29) is 0 Å². The van der Waals surface area contributed by atoms with Gasteiger partial charge in [0.05, 0.1) is 0 Å². The van der Waals surface area contributed by atoms with Crippen LogP contribution in [0.1, 0.15) is 40.0 Å². The van der Waals surface area contributed by atoms with Crippen molar-refractivity contribution in [3.05, 3.63) is 0 Å². The Labute approximate surface area is 68.9 Å². The van der Waals surface area contributed by atoms with Gasteiger partial charge in [0.2, 0.25) is 0 Å². The van der Waals surface area contributed by atoms with Gasteiger partial charge in [-0.05, 0) is 6.92 Å². The Morgan fingerprint density at radius 2 is 1.64 bits per heavy atom. The van der Waals surface area contributed by atoms with Gasteiger partial charge in [0.15, 0.2) is 0 Å². The molecule has 11 heavy (non-hydrogen) atoms. The van der Waals surface area contributed by atoms with Crippen LogP contribution in [0.25, 0.3) is 0 Å². The van der Waals surface area contributed by atoms with Gasteiger partial charge in [-0.25, -0.2) is 4.39 Å². The fourth-order valence-corrected chi connectivity index (χ4v) is 0.797. The molecule has 1 saturated heterocycles. The molecule has 1 nitrogen and oxygen atoms in total. The first kappa shape index (κ1) is 10.9. The lowest BCUT2D eigenvalue weighted by Gasteiger charge is -2.24. The highest BCUT2D eigenvalue weighted by molar-refractivity contribution is 4.75. The molecule has 0 bridgehead atoms. The monoisotopic (exact) mass is 162 g/mol. The van der Waals surface area contributed by atoms with Crippen LogP contribution in [0.2, 0.25) is 0 Å². The largest absolute Gasteiger partial charge is 0.381 e. The predicted molar refractivity (Wildman–Crippen MR) is 45.5 cm³/mol.